The third-order valence-corrected chi connectivity index (χ3v) is 3.18. The summed E-state index contributed by atoms with van der Waals surface area (Å²) < 4.78 is 0. The first-order chi connectivity index (χ1) is 11.1. The van der Waals surface area contributed by atoms with Crippen LogP contribution in [0.3, 0.4) is 0 Å². The standard InChI is InChI=1S/C18H19N3O2/c1-14(15-8-4-2-5-9-15)20-21-18(23)13-12-17(22)19-16-10-6-3-7-11-16/h2-11H,12-13H2,1H3,(H,19,22)(H,21,23)/b20-14-. The van der Waals surface area contributed by atoms with Crippen LogP contribution in [-0.2, 0) is 9.59 Å². The summed E-state index contributed by atoms with van der Waals surface area (Å²) in [5.41, 5.74) is 4.84. The number of nitrogens with zero attached hydrogens (tertiary/aromatic N) is 1. The molecule has 0 saturated heterocycles. The summed E-state index contributed by atoms with van der Waals surface area (Å²) in [7, 11) is 0. The molecule has 2 N–H and O–H groups in total. The number of rotatable bonds is 6. The molecule has 0 fully saturated rings. The van der Waals surface area contributed by atoms with E-state index in [0.29, 0.717) is 5.71 Å². The van der Waals surface area contributed by atoms with Crippen molar-refractivity contribution in [1.29, 1.82) is 0 Å². The number of hydrogen-bond donors (Lipinski definition) is 2. The minimum atomic E-state index is -0.288. The summed E-state index contributed by atoms with van der Waals surface area (Å²) in [6.07, 6.45) is 0.199. The second-order valence-electron chi connectivity index (χ2n) is 5.01. The van der Waals surface area contributed by atoms with E-state index in [4.69, 9.17) is 0 Å². The zero-order valence-corrected chi connectivity index (χ0v) is 13.0. The van der Waals surface area contributed by atoms with Gasteiger partial charge in [-0.05, 0) is 24.6 Å². The molecule has 5 heteroatoms. The van der Waals surface area contributed by atoms with Crippen LogP contribution in [0.1, 0.15) is 25.3 Å². The Morgan fingerprint density at radius 2 is 1.43 bits per heavy atom. The molecule has 0 saturated carbocycles. The number of anilines is 1. The molecule has 0 unspecified atom stereocenters. The highest BCUT2D eigenvalue weighted by Crippen LogP contribution is 2.06. The molecular weight excluding hydrogens is 290 g/mol. The van der Waals surface area contributed by atoms with Gasteiger partial charge in [0.25, 0.3) is 0 Å². The van der Waals surface area contributed by atoms with Gasteiger partial charge in [-0.1, -0.05) is 48.5 Å². The Morgan fingerprint density at radius 1 is 0.870 bits per heavy atom. The number of amides is 2. The lowest BCUT2D eigenvalue weighted by Gasteiger charge is -2.05. The number of carbonyl (C=O) groups excluding carboxylic acids is 2. The van der Waals surface area contributed by atoms with Gasteiger partial charge in [0.1, 0.15) is 0 Å². The Bertz CT molecular complexity index is 682. The van der Waals surface area contributed by atoms with E-state index in [1.54, 1.807) is 12.1 Å². The summed E-state index contributed by atoms with van der Waals surface area (Å²) in [5.74, 6) is -0.487. The maximum atomic E-state index is 11.7. The second kappa shape index (κ2) is 8.48. The van der Waals surface area contributed by atoms with Gasteiger partial charge in [0, 0.05) is 18.5 Å². The summed E-state index contributed by atoms with van der Waals surface area (Å²) in [4.78, 5) is 23.5. The van der Waals surface area contributed by atoms with Crippen LogP contribution in [0, 0.1) is 0 Å². The highest BCUT2D eigenvalue weighted by molar-refractivity contribution is 5.99. The van der Waals surface area contributed by atoms with Crippen molar-refractivity contribution in [1.82, 2.24) is 5.43 Å². The lowest BCUT2D eigenvalue weighted by molar-refractivity contribution is -0.124. The van der Waals surface area contributed by atoms with Crippen LogP contribution < -0.4 is 10.7 Å². The van der Waals surface area contributed by atoms with Crippen molar-refractivity contribution in [2.75, 3.05) is 5.32 Å². The van der Waals surface area contributed by atoms with E-state index in [0.717, 1.165) is 11.3 Å². The SMILES string of the molecule is C/C(=N/NC(=O)CCC(=O)Nc1ccccc1)c1ccccc1. The van der Waals surface area contributed by atoms with Crippen molar-refractivity contribution in [2.24, 2.45) is 5.10 Å². The normalized spacial score (nSPS) is 10.9. The lowest BCUT2D eigenvalue weighted by Crippen LogP contribution is -2.21. The third kappa shape index (κ3) is 5.74. The molecule has 0 aliphatic carbocycles. The minimum absolute atomic E-state index is 0.0875. The average Bonchev–Trinajstić information content (AvgIpc) is 2.59. The molecule has 2 aromatic carbocycles. The highest BCUT2D eigenvalue weighted by atomic mass is 16.2. The molecule has 0 aliphatic heterocycles. The molecule has 0 aliphatic rings. The van der Waals surface area contributed by atoms with Gasteiger partial charge in [-0.15, -0.1) is 0 Å². The van der Waals surface area contributed by atoms with Gasteiger partial charge in [0.05, 0.1) is 5.71 Å². The van der Waals surface area contributed by atoms with Crippen LogP contribution in [0.25, 0.3) is 0 Å². The second-order valence-corrected chi connectivity index (χ2v) is 5.01. The van der Waals surface area contributed by atoms with E-state index >= 15 is 0 Å². The topological polar surface area (TPSA) is 70.6 Å². The molecule has 2 rings (SSSR count). The molecule has 0 bridgehead atoms. The maximum absolute atomic E-state index is 11.7. The van der Waals surface area contributed by atoms with Gasteiger partial charge in [-0.3, -0.25) is 9.59 Å². The summed E-state index contributed by atoms with van der Waals surface area (Å²) in [6, 6.07) is 18.7. The zero-order valence-electron chi connectivity index (χ0n) is 13.0. The first-order valence-corrected chi connectivity index (χ1v) is 7.38. The van der Waals surface area contributed by atoms with Gasteiger partial charge in [0.2, 0.25) is 11.8 Å². The van der Waals surface area contributed by atoms with Crippen LogP contribution in [-0.4, -0.2) is 17.5 Å². The minimum Gasteiger partial charge on any atom is -0.326 e. The lowest BCUT2D eigenvalue weighted by atomic mass is 10.1. The molecule has 0 heterocycles. The Balaban J connectivity index is 1.76. The van der Waals surface area contributed by atoms with Crippen LogP contribution in [0.4, 0.5) is 5.69 Å². The molecule has 0 aromatic heterocycles. The predicted octanol–water partition coefficient (Wildman–Crippen LogP) is 2.95. The van der Waals surface area contributed by atoms with Gasteiger partial charge in [-0.25, -0.2) is 5.43 Å². The van der Waals surface area contributed by atoms with Crippen molar-refractivity contribution in [3.05, 3.63) is 66.2 Å². The van der Waals surface area contributed by atoms with E-state index in [-0.39, 0.29) is 24.7 Å². The molecule has 0 radical (unpaired) electrons. The maximum Gasteiger partial charge on any atom is 0.240 e. The van der Waals surface area contributed by atoms with Crippen LogP contribution in [0.2, 0.25) is 0 Å². The molecule has 23 heavy (non-hydrogen) atoms. The van der Waals surface area contributed by atoms with Crippen molar-refractivity contribution >= 4 is 23.2 Å². The van der Waals surface area contributed by atoms with Crippen LogP contribution in [0.5, 0.6) is 0 Å². The predicted molar refractivity (Wildman–Crippen MR) is 91.1 cm³/mol. The first-order valence-electron chi connectivity index (χ1n) is 7.38. The molecule has 118 valence electrons. The molecular formula is C18H19N3O2. The fraction of sp³-hybridized carbons (Fsp3) is 0.167. The molecule has 2 amide bonds. The van der Waals surface area contributed by atoms with Crippen molar-refractivity contribution < 1.29 is 9.59 Å². The Morgan fingerprint density at radius 3 is 2.09 bits per heavy atom. The van der Waals surface area contributed by atoms with Gasteiger partial charge in [0.15, 0.2) is 0 Å². The van der Waals surface area contributed by atoms with Crippen molar-refractivity contribution in [3.63, 3.8) is 0 Å². The van der Waals surface area contributed by atoms with Gasteiger partial charge >= 0.3 is 0 Å². The molecule has 2 aromatic rings. The highest BCUT2D eigenvalue weighted by Gasteiger charge is 2.07. The number of para-hydroxylation sites is 1. The van der Waals surface area contributed by atoms with Crippen LogP contribution >= 0.6 is 0 Å². The largest absolute Gasteiger partial charge is 0.326 e. The van der Waals surface area contributed by atoms with Crippen LogP contribution in [0.15, 0.2) is 65.8 Å². The smallest absolute Gasteiger partial charge is 0.240 e. The van der Waals surface area contributed by atoms with Gasteiger partial charge < -0.3 is 5.32 Å². The first kappa shape index (κ1) is 16.4. The Hall–Kier alpha value is -2.95. The number of hydrogen-bond acceptors (Lipinski definition) is 3. The Kier molecular flexibility index (Phi) is 6.06. The summed E-state index contributed by atoms with van der Waals surface area (Å²) in [6.45, 7) is 1.82. The van der Waals surface area contributed by atoms with E-state index in [1.165, 1.54) is 0 Å². The molecule has 0 atom stereocenters. The average molecular weight is 309 g/mol. The van der Waals surface area contributed by atoms with Crippen molar-refractivity contribution in [3.8, 4) is 0 Å². The number of hydrazone groups is 1. The Labute approximate surface area is 135 Å². The van der Waals surface area contributed by atoms with E-state index in [9.17, 15) is 9.59 Å². The monoisotopic (exact) mass is 309 g/mol. The third-order valence-electron chi connectivity index (χ3n) is 3.18. The number of carbonyl (C=O) groups is 2. The van der Waals surface area contributed by atoms with E-state index in [1.807, 2.05) is 55.5 Å². The van der Waals surface area contributed by atoms with E-state index < -0.39 is 0 Å². The van der Waals surface area contributed by atoms with Gasteiger partial charge in [-0.2, -0.15) is 5.10 Å². The summed E-state index contributed by atoms with van der Waals surface area (Å²) >= 11 is 0. The zero-order chi connectivity index (χ0) is 16.5. The fourth-order valence-corrected chi connectivity index (χ4v) is 1.92. The van der Waals surface area contributed by atoms with E-state index in [2.05, 4.69) is 15.8 Å². The summed E-state index contributed by atoms with van der Waals surface area (Å²) in [5, 5.41) is 6.77. The molecule has 0 spiro atoms. The fourth-order valence-electron chi connectivity index (χ4n) is 1.92. The van der Waals surface area contributed by atoms with Crippen molar-refractivity contribution in [2.45, 2.75) is 19.8 Å². The quantitative estimate of drug-likeness (QED) is 0.636. The molecule has 5 nitrogen and oxygen atoms in total. The number of benzene rings is 2. The number of nitrogens with one attached hydrogen (secondary N) is 2.